The number of methoxy groups -OCH3 is 1. The Kier molecular flexibility index (Phi) is 6.01. The molecule has 0 aromatic heterocycles. The second-order valence-electron chi connectivity index (χ2n) is 4.32. The second-order valence-corrected chi connectivity index (χ2v) is 4.32. The van der Waals surface area contributed by atoms with E-state index in [9.17, 15) is 5.11 Å². The van der Waals surface area contributed by atoms with E-state index in [2.05, 4.69) is 0 Å². The molecule has 2 atom stereocenters. The van der Waals surface area contributed by atoms with E-state index in [1.54, 1.807) is 7.11 Å². The first-order chi connectivity index (χ1) is 8.17. The standard InChI is InChI=1S/C14H22O3/c1-4-14(15)11(2)9-17-10-12-5-7-13(16-3)8-6-12/h5-8,11,14-15H,4,9-10H2,1-3H3/t11-,14?/m1/s1. The van der Waals surface area contributed by atoms with Gasteiger partial charge in [0.2, 0.25) is 0 Å². The highest BCUT2D eigenvalue weighted by molar-refractivity contribution is 5.26. The molecule has 96 valence electrons. The van der Waals surface area contributed by atoms with Crippen LogP contribution in [0.15, 0.2) is 24.3 Å². The molecule has 1 rings (SSSR count). The lowest BCUT2D eigenvalue weighted by Gasteiger charge is -2.17. The number of benzene rings is 1. The number of aliphatic hydroxyl groups is 1. The van der Waals surface area contributed by atoms with Gasteiger partial charge in [0.25, 0.3) is 0 Å². The van der Waals surface area contributed by atoms with Crippen molar-refractivity contribution in [2.75, 3.05) is 13.7 Å². The van der Waals surface area contributed by atoms with Gasteiger partial charge in [0.05, 0.1) is 26.4 Å². The summed E-state index contributed by atoms with van der Waals surface area (Å²) >= 11 is 0. The Morgan fingerprint density at radius 3 is 2.41 bits per heavy atom. The van der Waals surface area contributed by atoms with Crippen LogP contribution in [0.5, 0.6) is 5.75 Å². The Balaban J connectivity index is 2.30. The van der Waals surface area contributed by atoms with Gasteiger partial charge in [-0.05, 0) is 24.1 Å². The first-order valence-electron chi connectivity index (χ1n) is 6.06. The summed E-state index contributed by atoms with van der Waals surface area (Å²) in [6.45, 7) is 5.14. The fourth-order valence-electron chi connectivity index (χ4n) is 1.60. The van der Waals surface area contributed by atoms with E-state index in [0.717, 1.165) is 17.7 Å². The summed E-state index contributed by atoms with van der Waals surface area (Å²) in [7, 11) is 1.65. The van der Waals surface area contributed by atoms with Gasteiger partial charge in [-0.25, -0.2) is 0 Å². The molecule has 3 nitrogen and oxygen atoms in total. The van der Waals surface area contributed by atoms with Crippen molar-refractivity contribution < 1.29 is 14.6 Å². The number of hydrogen-bond acceptors (Lipinski definition) is 3. The first-order valence-corrected chi connectivity index (χ1v) is 6.06. The second kappa shape index (κ2) is 7.30. The van der Waals surface area contributed by atoms with Crippen LogP contribution in [0.4, 0.5) is 0 Å². The number of hydrogen-bond donors (Lipinski definition) is 1. The van der Waals surface area contributed by atoms with Crippen LogP contribution in [0.3, 0.4) is 0 Å². The minimum absolute atomic E-state index is 0.179. The monoisotopic (exact) mass is 238 g/mol. The normalized spacial score (nSPS) is 14.4. The van der Waals surface area contributed by atoms with E-state index in [1.807, 2.05) is 38.1 Å². The highest BCUT2D eigenvalue weighted by Crippen LogP contribution is 2.13. The van der Waals surface area contributed by atoms with E-state index in [-0.39, 0.29) is 12.0 Å². The number of rotatable bonds is 7. The van der Waals surface area contributed by atoms with E-state index < -0.39 is 0 Å². The Morgan fingerprint density at radius 2 is 1.88 bits per heavy atom. The SMILES string of the molecule is CCC(O)[C@H](C)COCc1ccc(OC)cc1. The molecule has 0 aliphatic rings. The van der Waals surface area contributed by atoms with Gasteiger partial charge in [-0.1, -0.05) is 26.0 Å². The zero-order chi connectivity index (χ0) is 12.7. The minimum atomic E-state index is -0.272. The summed E-state index contributed by atoms with van der Waals surface area (Å²) in [5.41, 5.74) is 1.11. The molecule has 1 unspecified atom stereocenters. The van der Waals surface area contributed by atoms with Gasteiger partial charge < -0.3 is 14.6 Å². The van der Waals surface area contributed by atoms with Crippen LogP contribution in [0.1, 0.15) is 25.8 Å². The average molecular weight is 238 g/mol. The molecule has 17 heavy (non-hydrogen) atoms. The van der Waals surface area contributed by atoms with Crippen molar-refractivity contribution in [1.82, 2.24) is 0 Å². The molecule has 3 heteroatoms. The van der Waals surface area contributed by atoms with Gasteiger partial charge in [0.15, 0.2) is 0 Å². The highest BCUT2D eigenvalue weighted by atomic mass is 16.5. The maximum absolute atomic E-state index is 9.60. The summed E-state index contributed by atoms with van der Waals surface area (Å²) in [6.07, 6.45) is 0.499. The molecule has 0 saturated carbocycles. The fourth-order valence-corrected chi connectivity index (χ4v) is 1.60. The lowest BCUT2D eigenvalue weighted by molar-refractivity contribution is 0.0274. The van der Waals surface area contributed by atoms with Crippen molar-refractivity contribution in [3.8, 4) is 5.75 Å². The van der Waals surface area contributed by atoms with E-state index in [0.29, 0.717) is 13.2 Å². The third kappa shape index (κ3) is 4.75. The van der Waals surface area contributed by atoms with Gasteiger partial charge in [-0.3, -0.25) is 0 Å². The van der Waals surface area contributed by atoms with E-state index >= 15 is 0 Å². The van der Waals surface area contributed by atoms with Crippen molar-refractivity contribution in [2.24, 2.45) is 5.92 Å². The summed E-state index contributed by atoms with van der Waals surface area (Å²) in [5, 5.41) is 9.60. The van der Waals surface area contributed by atoms with Crippen LogP contribution < -0.4 is 4.74 Å². The minimum Gasteiger partial charge on any atom is -0.497 e. The quantitative estimate of drug-likeness (QED) is 0.793. The summed E-state index contributed by atoms with van der Waals surface area (Å²) in [6, 6.07) is 7.81. The summed E-state index contributed by atoms with van der Waals surface area (Å²) in [4.78, 5) is 0. The molecule has 1 aromatic carbocycles. The topological polar surface area (TPSA) is 38.7 Å². The van der Waals surface area contributed by atoms with Gasteiger partial charge in [0, 0.05) is 5.92 Å². The summed E-state index contributed by atoms with van der Waals surface area (Å²) in [5.74, 6) is 1.03. The largest absolute Gasteiger partial charge is 0.497 e. The average Bonchev–Trinajstić information content (AvgIpc) is 2.38. The Hall–Kier alpha value is -1.06. The Labute approximate surface area is 103 Å². The fraction of sp³-hybridized carbons (Fsp3) is 0.571. The number of ether oxygens (including phenoxy) is 2. The van der Waals surface area contributed by atoms with Gasteiger partial charge in [0.1, 0.15) is 5.75 Å². The Bertz CT molecular complexity index is 308. The third-order valence-corrected chi connectivity index (χ3v) is 2.88. The molecule has 0 amide bonds. The molecule has 0 bridgehead atoms. The predicted octanol–water partition coefficient (Wildman–Crippen LogP) is 2.62. The van der Waals surface area contributed by atoms with Crippen molar-refractivity contribution in [3.05, 3.63) is 29.8 Å². The maximum Gasteiger partial charge on any atom is 0.118 e. The molecule has 1 aromatic rings. The third-order valence-electron chi connectivity index (χ3n) is 2.88. The van der Waals surface area contributed by atoms with Crippen LogP contribution in [0, 0.1) is 5.92 Å². The molecule has 0 saturated heterocycles. The lowest BCUT2D eigenvalue weighted by Crippen LogP contribution is -2.21. The maximum atomic E-state index is 9.60. The molecule has 1 N–H and O–H groups in total. The lowest BCUT2D eigenvalue weighted by atomic mass is 10.0. The Morgan fingerprint density at radius 1 is 1.24 bits per heavy atom. The van der Waals surface area contributed by atoms with E-state index in [1.165, 1.54) is 0 Å². The summed E-state index contributed by atoms with van der Waals surface area (Å²) < 4.78 is 10.7. The van der Waals surface area contributed by atoms with Crippen molar-refractivity contribution >= 4 is 0 Å². The zero-order valence-electron chi connectivity index (χ0n) is 10.8. The zero-order valence-corrected chi connectivity index (χ0v) is 10.8. The smallest absolute Gasteiger partial charge is 0.118 e. The van der Waals surface area contributed by atoms with Crippen molar-refractivity contribution in [2.45, 2.75) is 33.0 Å². The molecule has 0 radical (unpaired) electrons. The van der Waals surface area contributed by atoms with Crippen molar-refractivity contribution in [3.63, 3.8) is 0 Å². The molecule has 0 aliphatic heterocycles. The van der Waals surface area contributed by atoms with Crippen molar-refractivity contribution in [1.29, 1.82) is 0 Å². The molecule has 0 heterocycles. The molecule has 0 fully saturated rings. The van der Waals surface area contributed by atoms with Crippen LogP contribution >= 0.6 is 0 Å². The van der Waals surface area contributed by atoms with E-state index in [4.69, 9.17) is 9.47 Å². The van der Waals surface area contributed by atoms with Crippen LogP contribution in [0.25, 0.3) is 0 Å². The predicted molar refractivity (Wildman–Crippen MR) is 68.1 cm³/mol. The molecule has 0 aliphatic carbocycles. The van der Waals surface area contributed by atoms with Crippen LogP contribution in [0.2, 0.25) is 0 Å². The van der Waals surface area contributed by atoms with Gasteiger partial charge in [-0.2, -0.15) is 0 Å². The van der Waals surface area contributed by atoms with Crippen LogP contribution in [-0.4, -0.2) is 24.9 Å². The first kappa shape index (κ1) is 14.0. The van der Waals surface area contributed by atoms with Gasteiger partial charge in [-0.15, -0.1) is 0 Å². The number of aliphatic hydroxyl groups excluding tert-OH is 1. The molecular weight excluding hydrogens is 216 g/mol. The molecule has 0 spiro atoms. The van der Waals surface area contributed by atoms with Gasteiger partial charge >= 0.3 is 0 Å². The highest BCUT2D eigenvalue weighted by Gasteiger charge is 2.11. The van der Waals surface area contributed by atoms with Crippen LogP contribution in [-0.2, 0) is 11.3 Å². The molecular formula is C14H22O3.